The minimum Gasteiger partial charge on any atom is -0.480 e. The Morgan fingerprint density at radius 3 is 1.66 bits per heavy atom. The third kappa shape index (κ3) is 4.72. The monoisotopic (exact) mass is 513 g/mol. The molecule has 0 radical (unpaired) electrons. The molecule has 35 heavy (non-hydrogen) atoms. The van der Waals surface area contributed by atoms with Gasteiger partial charge in [-0.25, -0.2) is 8.78 Å². The number of aliphatic carboxylic acids is 4. The molecule has 0 unspecified atom stereocenters. The standard InChI is InChI=1S/C23H22ClF2NO8/c1-8-14(17(20(28)29)21(30)31)16(10-3-6-13(24)12(7-10)19(25)26)15(18(22(32)33)23(34)35)9(2)27(8)11-4-5-11/h3,6-7,11,16-19H,4-5H2,1-2H3,(H,28,29)(H,30,31)(H,32,33)(H,34,35). The summed E-state index contributed by atoms with van der Waals surface area (Å²) < 4.78 is 27.3. The predicted molar refractivity (Wildman–Crippen MR) is 117 cm³/mol. The maximum absolute atomic E-state index is 13.6. The zero-order valence-electron chi connectivity index (χ0n) is 18.5. The topological polar surface area (TPSA) is 152 Å². The average molecular weight is 514 g/mol. The number of halogens is 3. The van der Waals surface area contributed by atoms with Crippen LogP contribution in [0.25, 0.3) is 0 Å². The van der Waals surface area contributed by atoms with E-state index in [0.717, 1.165) is 12.1 Å². The second-order valence-corrected chi connectivity index (χ2v) is 8.82. The highest BCUT2D eigenvalue weighted by Gasteiger charge is 2.49. The Balaban J connectivity index is 2.44. The van der Waals surface area contributed by atoms with E-state index in [0.29, 0.717) is 12.8 Å². The molecule has 1 aliphatic heterocycles. The van der Waals surface area contributed by atoms with Gasteiger partial charge in [-0.2, -0.15) is 0 Å². The van der Waals surface area contributed by atoms with Gasteiger partial charge in [0.15, 0.2) is 11.8 Å². The molecular formula is C23H22ClF2NO8. The van der Waals surface area contributed by atoms with E-state index in [1.165, 1.54) is 19.9 Å². The van der Waals surface area contributed by atoms with Crippen LogP contribution in [-0.4, -0.2) is 55.2 Å². The van der Waals surface area contributed by atoms with Crippen molar-refractivity contribution in [1.29, 1.82) is 0 Å². The molecule has 0 amide bonds. The highest BCUT2D eigenvalue weighted by Crippen LogP contribution is 2.51. The van der Waals surface area contributed by atoms with E-state index in [1.54, 1.807) is 4.90 Å². The van der Waals surface area contributed by atoms with Crippen molar-refractivity contribution in [3.63, 3.8) is 0 Å². The molecule has 4 N–H and O–H groups in total. The van der Waals surface area contributed by atoms with Gasteiger partial charge in [0, 0.05) is 33.9 Å². The summed E-state index contributed by atoms with van der Waals surface area (Å²) in [5, 5.41) is 38.9. The van der Waals surface area contributed by atoms with Crippen LogP contribution in [0.5, 0.6) is 0 Å². The van der Waals surface area contributed by atoms with Crippen molar-refractivity contribution in [3.8, 4) is 0 Å². The Hall–Kier alpha value is -3.47. The summed E-state index contributed by atoms with van der Waals surface area (Å²) in [6, 6.07) is 3.04. The maximum atomic E-state index is 13.6. The maximum Gasteiger partial charge on any atom is 0.322 e. The summed E-state index contributed by atoms with van der Waals surface area (Å²) in [6.07, 6.45) is -1.79. The largest absolute Gasteiger partial charge is 0.480 e. The molecule has 0 atom stereocenters. The predicted octanol–water partition coefficient (Wildman–Crippen LogP) is 3.96. The number of allylic oxidation sites excluding steroid dienone is 2. The third-order valence-corrected chi connectivity index (χ3v) is 6.63. The number of carboxylic acid groups (broad SMARTS) is 4. The van der Waals surface area contributed by atoms with E-state index >= 15 is 0 Å². The number of carbonyl (C=O) groups is 4. The van der Waals surface area contributed by atoms with Gasteiger partial charge in [0.05, 0.1) is 0 Å². The molecular weight excluding hydrogens is 492 g/mol. The van der Waals surface area contributed by atoms with Crippen LogP contribution < -0.4 is 0 Å². The smallest absolute Gasteiger partial charge is 0.322 e. The van der Waals surface area contributed by atoms with Crippen molar-refractivity contribution in [2.75, 3.05) is 0 Å². The van der Waals surface area contributed by atoms with Crippen molar-refractivity contribution in [1.82, 2.24) is 4.90 Å². The second-order valence-electron chi connectivity index (χ2n) is 8.42. The van der Waals surface area contributed by atoms with Gasteiger partial charge in [-0.1, -0.05) is 17.7 Å². The lowest BCUT2D eigenvalue weighted by molar-refractivity contribution is -0.153. The van der Waals surface area contributed by atoms with Gasteiger partial charge in [0.2, 0.25) is 0 Å². The molecule has 1 aliphatic carbocycles. The zero-order valence-corrected chi connectivity index (χ0v) is 19.3. The number of benzene rings is 1. The zero-order chi connectivity index (χ0) is 26.4. The molecule has 0 aromatic heterocycles. The number of hydrogen-bond acceptors (Lipinski definition) is 5. The quantitative estimate of drug-likeness (QED) is 0.359. The summed E-state index contributed by atoms with van der Waals surface area (Å²) in [6.45, 7) is 2.92. The van der Waals surface area contributed by atoms with Crippen LogP contribution in [-0.2, 0) is 19.2 Å². The Morgan fingerprint density at radius 1 is 0.886 bits per heavy atom. The molecule has 1 aromatic rings. The van der Waals surface area contributed by atoms with E-state index in [9.17, 15) is 48.4 Å². The first-order valence-corrected chi connectivity index (χ1v) is 10.9. The van der Waals surface area contributed by atoms with Crippen LogP contribution >= 0.6 is 11.6 Å². The van der Waals surface area contributed by atoms with Crippen LogP contribution in [0.15, 0.2) is 40.7 Å². The highest BCUT2D eigenvalue weighted by molar-refractivity contribution is 6.31. The molecule has 9 nitrogen and oxygen atoms in total. The lowest BCUT2D eigenvalue weighted by Crippen LogP contribution is -2.41. The lowest BCUT2D eigenvalue weighted by Gasteiger charge is -2.42. The van der Waals surface area contributed by atoms with Gasteiger partial charge < -0.3 is 25.3 Å². The Morgan fingerprint density at radius 2 is 1.31 bits per heavy atom. The summed E-state index contributed by atoms with van der Waals surface area (Å²) >= 11 is 5.87. The van der Waals surface area contributed by atoms with Gasteiger partial charge >= 0.3 is 23.9 Å². The fourth-order valence-corrected chi connectivity index (χ4v) is 4.96. The molecule has 1 heterocycles. The number of nitrogens with zero attached hydrogens (tertiary/aromatic N) is 1. The van der Waals surface area contributed by atoms with Crippen molar-refractivity contribution < 1.29 is 48.4 Å². The highest BCUT2D eigenvalue weighted by atomic mass is 35.5. The molecule has 1 saturated carbocycles. The first-order valence-electron chi connectivity index (χ1n) is 10.5. The van der Waals surface area contributed by atoms with Crippen molar-refractivity contribution >= 4 is 35.5 Å². The van der Waals surface area contributed by atoms with Gasteiger partial charge in [-0.15, -0.1) is 0 Å². The van der Waals surface area contributed by atoms with Gasteiger partial charge in [-0.05, 0) is 55.5 Å². The normalized spacial score (nSPS) is 17.1. The third-order valence-electron chi connectivity index (χ3n) is 6.29. The van der Waals surface area contributed by atoms with Gasteiger partial charge in [0.25, 0.3) is 6.43 Å². The molecule has 1 fully saturated rings. The number of alkyl halides is 2. The summed E-state index contributed by atoms with van der Waals surface area (Å²) in [5.41, 5.74) is -0.954. The first-order chi connectivity index (χ1) is 16.3. The molecule has 0 saturated heterocycles. The Bertz CT molecular complexity index is 1090. The van der Waals surface area contributed by atoms with Crippen LogP contribution in [0.3, 0.4) is 0 Å². The Labute approximate surface area is 202 Å². The SMILES string of the molecule is CC1=C(C(C(=O)O)C(=O)O)C(c2ccc(Cl)c(C(F)F)c2)C(C(C(=O)O)C(=O)O)=C(C)N1C1CC1. The molecule has 12 heteroatoms. The lowest BCUT2D eigenvalue weighted by atomic mass is 9.70. The molecule has 188 valence electrons. The van der Waals surface area contributed by atoms with Crippen molar-refractivity contribution in [2.45, 2.75) is 45.1 Å². The molecule has 0 spiro atoms. The summed E-state index contributed by atoms with van der Waals surface area (Å²) in [7, 11) is 0. The summed E-state index contributed by atoms with van der Waals surface area (Å²) in [4.78, 5) is 49.9. The average Bonchev–Trinajstić information content (AvgIpc) is 3.56. The van der Waals surface area contributed by atoms with E-state index < -0.39 is 53.6 Å². The Kier molecular flexibility index (Phi) is 7.21. The molecule has 3 rings (SSSR count). The van der Waals surface area contributed by atoms with E-state index in [1.807, 2.05) is 0 Å². The van der Waals surface area contributed by atoms with Crippen molar-refractivity contribution in [2.24, 2.45) is 11.8 Å². The second kappa shape index (κ2) is 9.65. The minimum atomic E-state index is -3.06. The van der Waals surface area contributed by atoms with Crippen LogP contribution in [0.4, 0.5) is 8.78 Å². The van der Waals surface area contributed by atoms with Crippen LogP contribution in [0.2, 0.25) is 5.02 Å². The number of hydrogen-bond donors (Lipinski definition) is 4. The van der Waals surface area contributed by atoms with E-state index in [2.05, 4.69) is 0 Å². The fourth-order valence-electron chi connectivity index (χ4n) is 4.76. The van der Waals surface area contributed by atoms with Gasteiger partial charge in [-0.3, -0.25) is 19.2 Å². The molecule has 1 aromatic carbocycles. The molecule has 0 bridgehead atoms. The minimum absolute atomic E-state index is 0.0937. The van der Waals surface area contributed by atoms with Crippen LogP contribution in [0.1, 0.15) is 50.2 Å². The summed E-state index contributed by atoms with van der Waals surface area (Å²) in [5.74, 6) is -13.0. The first kappa shape index (κ1) is 26.1. The van der Waals surface area contributed by atoms with Crippen molar-refractivity contribution in [3.05, 3.63) is 56.9 Å². The van der Waals surface area contributed by atoms with Crippen LogP contribution in [0, 0.1) is 11.8 Å². The number of carboxylic acids is 4. The van der Waals surface area contributed by atoms with E-state index in [-0.39, 0.29) is 39.2 Å². The molecule has 2 aliphatic rings. The fraction of sp³-hybridized carbons (Fsp3) is 0.391. The number of rotatable bonds is 9. The van der Waals surface area contributed by atoms with E-state index in [4.69, 9.17) is 11.6 Å². The van der Waals surface area contributed by atoms with Gasteiger partial charge in [0.1, 0.15) is 0 Å².